The van der Waals surface area contributed by atoms with Gasteiger partial charge in [0.05, 0.1) is 17.6 Å². The van der Waals surface area contributed by atoms with Gasteiger partial charge >= 0.3 is 0 Å². The number of ether oxygens (including phenoxy) is 1. The SMILES string of the molecule is O=C(NCc1cccnc1)c1ccc2c(c1)ncn2-c1ccc(OCCn2ccc(=O)cc2)cc1. The summed E-state index contributed by atoms with van der Waals surface area (Å²) in [5.41, 5.74) is 4.06. The van der Waals surface area contributed by atoms with Crippen LogP contribution in [0.2, 0.25) is 0 Å². The molecule has 0 fully saturated rings. The maximum absolute atomic E-state index is 12.6. The number of imidazole rings is 1. The summed E-state index contributed by atoms with van der Waals surface area (Å²) >= 11 is 0. The van der Waals surface area contributed by atoms with E-state index in [1.165, 1.54) is 12.1 Å². The minimum atomic E-state index is -0.158. The lowest BCUT2D eigenvalue weighted by Gasteiger charge is -2.10. The Labute approximate surface area is 201 Å². The van der Waals surface area contributed by atoms with E-state index in [9.17, 15) is 9.59 Å². The van der Waals surface area contributed by atoms with Crippen LogP contribution in [0.4, 0.5) is 0 Å². The number of pyridine rings is 2. The predicted octanol–water partition coefficient (Wildman–Crippen LogP) is 3.59. The minimum absolute atomic E-state index is 0.00917. The molecule has 1 amide bonds. The fraction of sp³-hybridized carbons (Fsp3) is 0.111. The molecule has 174 valence electrons. The van der Waals surface area contributed by atoms with Crippen molar-refractivity contribution in [2.24, 2.45) is 0 Å². The molecule has 35 heavy (non-hydrogen) atoms. The molecule has 0 saturated carbocycles. The van der Waals surface area contributed by atoms with Gasteiger partial charge in [-0.05, 0) is 54.1 Å². The highest BCUT2D eigenvalue weighted by atomic mass is 16.5. The first kappa shape index (κ1) is 22.1. The average molecular weight is 466 g/mol. The predicted molar refractivity (Wildman–Crippen MR) is 133 cm³/mol. The van der Waals surface area contributed by atoms with E-state index in [0.717, 1.165) is 28.0 Å². The molecule has 0 radical (unpaired) electrons. The first-order chi connectivity index (χ1) is 17.2. The zero-order valence-corrected chi connectivity index (χ0v) is 18.9. The summed E-state index contributed by atoms with van der Waals surface area (Å²) in [6.45, 7) is 1.55. The molecule has 0 spiro atoms. The van der Waals surface area contributed by atoms with Crippen molar-refractivity contribution in [2.45, 2.75) is 13.1 Å². The van der Waals surface area contributed by atoms with Crippen LogP contribution in [0, 0.1) is 0 Å². The van der Waals surface area contributed by atoms with Crippen molar-refractivity contribution < 1.29 is 9.53 Å². The van der Waals surface area contributed by atoms with Crippen molar-refractivity contribution in [3.63, 3.8) is 0 Å². The number of hydrogen-bond donors (Lipinski definition) is 1. The second kappa shape index (κ2) is 10.0. The van der Waals surface area contributed by atoms with Crippen LogP contribution in [0.15, 0.2) is 103 Å². The fourth-order valence-electron chi connectivity index (χ4n) is 3.71. The average Bonchev–Trinajstić information content (AvgIpc) is 3.33. The van der Waals surface area contributed by atoms with Gasteiger partial charge in [0.2, 0.25) is 0 Å². The highest BCUT2D eigenvalue weighted by Crippen LogP contribution is 2.22. The second-order valence-corrected chi connectivity index (χ2v) is 7.98. The highest BCUT2D eigenvalue weighted by Gasteiger charge is 2.10. The van der Waals surface area contributed by atoms with Crippen LogP contribution < -0.4 is 15.5 Å². The Bertz CT molecular complexity index is 1490. The van der Waals surface area contributed by atoms with Gasteiger partial charge in [-0.1, -0.05) is 6.07 Å². The molecule has 8 nitrogen and oxygen atoms in total. The van der Waals surface area contributed by atoms with Gasteiger partial charge in [-0.15, -0.1) is 0 Å². The first-order valence-corrected chi connectivity index (χ1v) is 11.2. The Kier molecular flexibility index (Phi) is 6.34. The standard InChI is InChI=1S/C27H23N5O3/c33-23-9-12-31(13-10-23)14-15-35-24-6-4-22(5-7-24)32-19-30-25-16-21(3-8-26(25)32)27(34)29-18-20-2-1-11-28-17-20/h1-13,16-17,19H,14-15,18H2,(H,29,34). The summed E-state index contributed by atoms with van der Waals surface area (Å²) in [5.74, 6) is 0.598. The van der Waals surface area contributed by atoms with E-state index >= 15 is 0 Å². The van der Waals surface area contributed by atoms with Gasteiger partial charge in [-0.3, -0.25) is 19.1 Å². The molecule has 0 unspecified atom stereocenters. The maximum Gasteiger partial charge on any atom is 0.251 e. The maximum atomic E-state index is 12.6. The molecule has 3 heterocycles. The number of carbonyl (C=O) groups is 1. The van der Waals surface area contributed by atoms with Gasteiger partial charge in [-0.25, -0.2) is 4.98 Å². The van der Waals surface area contributed by atoms with Crippen LogP contribution in [-0.4, -0.2) is 31.6 Å². The monoisotopic (exact) mass is 465 g/mol. The molecule has 5 aromatic rings. The number of aromatic nitrogens is 4. The Morgan fingerprint density at radius 3 is 2.60 bits per heavy atom. The zero-order chi connectivity index (χ0) is 24.0. The number of hydrogen-bond acceptors (Lipinski definition) is 5. The van der Waals surface area contributed by atoms with Gasteiger partial charge < -0.3 is 14.6 Å². The van der Waals surface area contributed by atoms with Gasteiger partial charge in [0.25, 0.3) is 5.91 Å². The normalized spacial score (nSPS) is 10.9. The number of nitrogens with zero attached hydrogens (tertiary/aromatic N) is 4. The van der Waals surface area contributed by atoms with E-state index in [1.54, 1.807) is 43.2 Å². The van der Waals surface area contributed by atoms with E-state index in [1.807, 2.05) is 51.6 Å². The Morgan fingerprint density at radius 2 is 1.83 bits per heavy atom. The lowest BCUT2D eigenvalue weighted by Crippen LogP contribution is -2.22. The van der Waals surface area contributed by atoms with E-state index in [0.29, 0.717) is 25.3 Å². The lowest BCUT2D eigenvalue weighted by atomic mass is 10.1. The molecule has 0 saturated heterocycles. The molecule has 5 rings (SSSR count). The Balaban J connectivity index is 1.23. The van der Waals surface area contributed by atoms with Crippen LogP contribution in [0.1, 0.15) is 15.9 Å². The molecule has 0 atom stereocenters. The van der Waals surface area contributed by atoms with Crippen LogP contribution in [0.5, 0.6) is 5.75 Å². The molecule has 8 heteroatoms. The highest BCUT2D eigenvalue weighted by molar-refractivity contribution is 5.97. The van der Waals surface area contributed by atoms with Crippen LogP contribution in [0.3, 0.4) is 0 Å². The third-order valence-electron chi connectivity index (χ3n) is 5.58. The van der Waals surface area contributed by atoms with Gasteiger partial charge in [0, 0.05) is 54.7 Å². The number of nitrogens with one attached hydrogen (secondary N) is 1. The molecule has 0 aliphatic carbocycles. The first-order valence-electron chi connectivity index (χ1n) is 11.2. The van der Waals surface area contributed by atoms with Crippen molar-refractivity contribution in [3.8, 4) is 11.4 Å². The van der Waals surface area contributed by atoms with E-state index in [2.05, 4.69) is 15.3 Å². The largest absolute Gasteiger partial charge is 0.492 e. The summed E-state index contributed by atoms with van der Waals surface area (Å²) in [6, 6.07) is 20.1. The van der Waals surface area contributed by atoms with Crippen molar-refractivity contribution in [1.82, 2.24) is 24.4 Å². The number of fused-ring (bicyclic) bond motifs is 1. The smallest absolute Gasteiger partial charge is 0.251 e. The summed E-state index contributed by atoms with van der Waals surface area (Å²) in [4.78, 5) is 32.3. The van der Waals surface area contributed by atoms with Crippen LogP contribution in [0.25, 0.3) is 16.7 Å². The zero-order valence-electron chi connectivity index (χ0n) is 18.9. The Morgan fingerprint density at radius 1 is 1.00 bits per heavy atom. The quantitative estimate of drug-likeness (QED) is 0.378. The summed E-state index contributed by atoms with van der Waals surface area (Å²) < 4.78 is 9.70. The van der Waals surface area contributed by atoms with E-state index in [-0.39, 0.29) is 11.3 Å². The number of amides is 1. The minimum Gasteiger partial charge on any atom is -0.492 e. The van der Waals surface area contributed by atoms with E-state index in [4.69, 9.17) is 4.74 Å². The van der Waals surface area contributed by atoms with Gasteiger partial charge in [-0.2, -0.15) is 0 Å². The topological polar surface area (TPSA) is 91.0 Å². The third-order valence-corrected chi connectivity index (χ3v) is 5.58. The molecule has 2 aromatic carbocycles. The summed E-state index contributed by atoms with van der Waals surface area (Å²) in [6.07, 6.45) is 8.67. The number of carbonyl (C=O) groups excluding carboxylic acids is 1. The van der Waals surface area contributed by atoms with Crippen LogP contribution in [-0.2, 0) is 13.1 Å². The molecule has 0 aliphatic heterocycles. The molecular formula is C27H23N5O3. The molecule has 3 aromatic heterocycles. The van der Waals surface area contributed by atoms with Gasteiger partial charge in [0.15, 0.2) is 5.43 Å². The fourth-order valence-corrected chi connectivity index (χ4v) is 3.71. The molecular weight excluding hydrogens is 442 g/mol. The number of rotatable bonds is 8. The lowest BCUT2D eigenvalue weighted by molar-refractivity contribution is 0.0951. The Hall–Kier alpha value is -4.72. The number of benzene rings is 2. The van der Waals surface area contributed by atoms with Crippen molar-refractivity contribution >= 4 is 16.9 Å². The third kappa shape index (κ3) is 5.27. The summed E-state index contributed by atoms with van der Waals surface area (Å²) in [5, 5.41) is 2.91. The molecule has 0 bridgehead atoms. The van der Waals surface area contributed by atoms with Crippen molar-refractivity contribution in [1.29, 1.82) is 0 Å². The molecule has 1 N–H and O–H groups in total. The van der Waals surface area contributed by atoms with Crippen molar-refractivity contribution in [3.05, 3.63) is 119 Å². The summed E-state index contributed by atoms with van der Waals surface area (Å²) in [7, 11) is 0. The van der Waals surface area contributed by atoms with E-state index < -0.39 is 0 Å². The van der Waals surface area contributed by atoms with Gasteiger partial charge in [0.1, 0.15) is 18.7 Å². The second-order valence-electron chi connectivity index (χ2n) is 7.98. The van der Waals surface area contributed by atoms with Crippen LogP contribution >= 0.6 is 0 Å². The van der Waals surface area contributed by atoms with Crippen molar-refractivity contribution in [2.75, 3.05) is 6.61 Å². The molecule has 0 aliphatic rings.